The Morgan fingerprint density at radius 1 is 1.38 bits per heavy atom. The van der Waals surface area contributed by atoms with Gasteiger partial charge in [-0.1, -0.05) is 30.8 Å². The van der Waals surface area contributed by atoms with Gasteiger partial charge in [-0.05, 0) is 25.0 Å². The van der Waals surface area contributed by atoms with E-state index >= 15 is 0 Å². The zero-order chi connectivity index (χ0) is 12.8. The molecule has 0 rings (SSSR count). The van der Waals surface area contributed by atoms with Crippen LogP contribution in [-0.4, -0.2) is 17.1 Å². The van der Waals surface area contributed by atoms with Crippen LogP contribution in [0.1, 0.15) is 20.3 Å². The Hall–Kier alpha value is -1.52. The Morgan fingerprint density at radius 3 is 2.25 bits per heavy atom. The highest BCUT2D eigenvalue weighted by Crippen LogP contribution is 2.26. The van der Waals surface area contributed by atoms with Crippen LogP contribution in [0.3, 0.4) is 0 Å². The van der Waals surface area contributed by atoms with E-state index in [0.717, 1.165) is 12.2 Å². The van der Waals surface area contributed by atoms with Crippen LogP contribution in [-0.2, 0) is 0 Å². The van der Waals surface area contributed by atoms with E-state index in [-0.39, 0.29) is 11.3 Å². The molecule has 0 heterocycles. The van der Waals surface area contributed by atoms with Crippen LogP contribution in [0, 0.1) is 0 Å². The van der Waals surface area contributed by atoms with E-state index in [1.54, 1.807) is 6.92 Å². The molecule has 90 valence electrons. The summed E-state index contributed by atoms with van der Waals surface area (Å²) < 4.78 is 36.9. The molecule has 0 fully saturated rings. The maximum absolute atomic E-state index is 12.3. The Kier molecular flexibility index (Phi) is 5.56. The van der Waals surface area contributed by atoms with Gasteiger partial charge in [-0.3, -0.25) is 0 Å². The van der Waals surface area contributed by atoms with E-state index in [4.69, 9.17) is 5.21 Å². The smallest absolute Gasteiger partial charge is 0.411 e. The van der Waals surface area contributed by atoms with Crippen LogP contribution in [0.25, 0.3) is 0 Å². The molecule has 5 heteroatoms. The Bertz CT molecular complexity index is 338. The van der Waals surface area contributed by atoms with Crippen molar-refractivity contribution < 1.29 is 18.4 Å². The topological polar surface area (TPSA) is 32.6 Å². The minimum absolute atomic E-state index is 0.258. The summed E-state index contributed by atoms with van der Waals surface area (Å²) in [5, 5.41) is 11.5. The van der Waals surface area contributed by atoms with E-state index in [1.807, 2.05) is 0 Å². The summed E-state index contributed by atoms with van der Waals surface area (Å²) in [7, 11) is 0. The predicted octanol–water partition coefficient (Wildman–Crippen LogP) is 3.85. The fourth-order valence-electron chi connectivity index (χ4n) is 1.00. The zero-order valence-corrected chi connectivity index (χ0v) is 9.17. The van der Waals surface area contributed by atoms with Gasteiger partial charge in [-0.15, -0.1) is 0 Å². The van der Waals surface area contributed by atoms with Crippen molar-refractivity contribution in [1.82, 2.24) is 0 Å². The van der Waals surface area contributed by atoms with E-state index in [2.05, 4.69) is 11.7 Å². The molecule has 0 saturated carbocycles. The summed E-state index contributed by atoms with van der Waals surface area (Å²) in [4.78, 5) is 0. The lowest BCUT2D eigenvalue weighted by Crippen LogP contribution is -2.09. The molecule has 0 aromatic heterocycles. The first kappa shape index (κ1) is 14.5. The molecular formula is C11H14F3NO. The van der Waals surface area contributed by atoms with Crippen molar-refractivity contribution in [3.05, 3.63) is 36.0 Å². The molecule has 0 amide bonds. The second kappa shape index (κ2) is 6.15. The van der Waals surface area contributed by atoms with Crippen molar-refractivity contribution in [3.8, 4) is 0 Å². The van der Waals surface area contributed by atoms with Gasteiger partial charge in [0.25, 0.3) is 0 Å². The van der Waals surface area contributed by atoms with E-state index in [0.29, 0.717) is 6.42 Å². The number of rotatable bonds is 4. The third-order valence-electron chi connectivity index (χ3n) is 1.93. The van der Waals surface area contributed by atoms with Crippen molar-refractivity contribution >= 4 is 5.71 Å². The van der Waals surface area contributed by atoms with Gasteiger partial charge in [-0.2, -0.15) is 13.2 Å². The van der Waals surface area contributed by atoms with E-state index in [9.17, 15) is 13.2 Å². The summed E-state index contributed by atoms with van der Waals surface area (Å²) in [5.74, 6) is 0. The Morgan fingerprint density at radius 2 is 1.94 bits per heavy atom. The van der Waals surface area contributed by atoms with Gasteiger partial charge in [0, 0.05) is 0 Å². The SMILES string of the molecule is C=C(/C=C\C(=C/C)C(F)(F)F)/C(CC)=N/O. The third kappa shape index (κ3) is 4.33. The summed E-state index contributed by atoms with van der Waals surface area (Å²) in [6.45, 7) is 6.53. The van der Waals surface area contributed by atoms with Gasteiger partial charge < -0.3 is 5.21 Å². The molecule has 0 aromatic carbocycles. The average molecular weight is 233 g/mol. The summed E-state index contributed by atoms with van der Waals surface area (Å²) >= 11 is 0. The molecule has 16 heavy (non-hydrogen) atoms. The molecular weight excluding hydrogens is 219 g/mol. The van der Waals surface area contributed by atoms with Crippen LogP contribution in [0.2, 0.25) is 0 Å². The Labute approximate surface area is 92.5 Å². The number of oxime groups is 1. The van der Waals surface area contributed by atoms with Crippen LogP contribution in [0.15, 0.2) is 41.1 Å². The maximum atomic E-state index is 12.3. The molecule has 0 radical (unpaired) electrons. The quantitative estimate of drug-likeness (QED) is 0.340. The average Bonchev–Trinajstić information content (AvgIpc) is 2.18. The van der Waals surface area contributed by atoms with Gasteiger partial charge in [-0.25, -0.2) is 0 Å². The molecule has 2 nitrogen and oxygen atoms in total. The minimum atomic E-state index is -4.38. The highest BCUT2D eigenvalue weighted by atomic mass is 19.4. The van der Waals surface area contributed by atoms with Crippen molar-refractivity contribution in [2.75, 3.05) is 0 Å². The number of hydrogen-bond acceptors (Lipinski definition) is 2. The maximum Gasteiger partial charge on any atom is 0.416 e. The molecule has 0 aliphatic carbocycles. The lowest BCUT2D eigenvalue weighted by atomic mass is 10.1. The van der Waals surface area contributed by atoms with Gasteiger partial charge >= 0.3 is 6.18 Å². The number of allylic oxidation sites excluding steroid dienone is 5. The first-order chi connectivity index (χ1) is 7.36. The highest BCUT2D eigenvalue weighted by molar-refractivity contribution is 6.01. The monoisotopic (exact) mass is 233 g/mol. The standard InChI is InChI=1S/C11H14F3NO/c1-4-9(11(12,13)14)7-6-8(3)10(5-2)15-16/h4,6-7,16H,3,5H2,1-2H3/b7-6-,9-4+,15-10+. The summed E-state index contributed by atoms with van der Waals surface area (Å²) in [5.41, 5.74) is -0.246. The fourth-order valence-corrected chi connectivity index (χ4v) is 1.00. The zero-order valence-electron chi connectivity index (χ0n) is 9.17. The highest BCUT2D eigenvalue weighted by Gasteiger charge is 2.30. The number of nitrogens with zero attached hydrogens (tertiary/aromatic N) is 1. The van der Waals surface area contributed by atoms with Crippen molar-refractivity contribution in [1.29, 1.82) is 0 Å². The third-order valence-corrected chi connectivity index (χ3v) is 1.93. The summed E-state index contributed by atoms with van der Waals surface area (Å²) in [6.07, 6.45) is -0.929. The van der Waals surface area contributed by atoms with E-state index < -0.39 is 11.7 Å². The molecule has 0 unspecified atom stereocenters. The van der Waals surface area contributed by atoms with Gasteiger partial charge in [0.05, 0.1) is 11.3 Å². The number of alkyl halides is 3. The lowest BCUT2D eigenvalue weighted by Gasteiger charge is -2.06. The van der Waals surface area contributed by atoms with Crippen LogP contribution in [0.5, 0.6) is 0 Å². The lowest BCUT2D eigenvalue weighted by molar-refractivity contribution is -0.0883. The molecule has 0 aromatic rings. The van der Waals surface area contributed by atoms with Gasteiger partial charge in [0.15, 0.2) is 0 Å². The second-order valence-electron chi connectivity index (χ2n) is 3.00. The largest absolute Gasteiger partial charge is 0.416 e. The number of halogens is 3. The van der Waals surface area contributed by atoms with Crippen LogP contribution in [0.4, 0.5) is 13.2 Å². The normalized spacial score (nSPS) is 14.6. The minimum Gasteiger partial charge on any atom is -0.411 e. The van der Waals surface area contributed by atoms with Crippen LogP contribution < -0.4 is 0 Å². The molecule has 0 spiro atoms. The van der Waals surface area contributed by atoms with Crippen LogP contribution >= 0.6 is 0 Å². The van der Waals surface area contributed by atoms with Crippen molar-refractivity contribution in [2.45, 2.75) is 26.4 Å². The van der Waals surface area contributed by atoms with Gasteiger partial charge in [0.1, 0.15) is 0 Å². The number of hydrogen-bond donors (Lipinski definition) is 1. The molecule has 0 atom stereocenters. The van der Waals surface area contributed by atoms with Gasteiger partial charge in [0.2, 0.25) is 0 Å². The van der Waals surface area contributed by atoms with Crippen molar-refractivity contribution in [3.63, 3.8) is 0 Å². The van der Waals surface area contributed by atoms with E-state index in [1.165, 1.54) is 13.0 Å². The first-order valence-electron chi connectivity index (χ1n) is 4.68. The first-order valence-corrected chi connectivity index (χ1v) is 4.68. The van der Waals surface area contributed by atoms with Crippen molar-refractivity contribution in [2.24, 2.45) is 5.16 Å². The predicted molar refractivity (Wildman–Crippen MR) is 57.6 cm³/mol. The molecule has 0 aliphatic heterocycles. The molecule has 0 saturated heterocycles. The molecule has 0 bridgehead atoms. The second-order valence-corrected chi connectivity index (χ2v) is 3.00. The Balaban J connectivity index is 4.80. The molecule has 0 aliphatic rings. The summed E-state index contributed by atoms with van der Waals surface area (Å²) in [6, 6.07) is 0. The molecule has 1 N–H and O–H groups in total. The fraction of sp³-hybridized carbons (Fsp3) is 0.364.